The summed E-state index contributed by atoms with van der Waals surface area (Å²) in [6, 6.07) is 1.49. The largest absolute Gasteiger partial charge is 1.00 e. The standard InChI is InChI=1S/C2N5O.Na/c3-1-2-4-5-6-7(2)8;/q-1;+1. The van der Waals surface area contributed by atoms with E-state index in [1.807, 2.05) is 0 Å². The topological polar surface area (TPSA) is 90.5 Å². The van der Waals surface area contributed by atoms with Crippen LogP contribution in [0.15, 0.2) is 0 Å². The van der Waals surface area contributed by atoms with Crippen molar-refractivity contribution in [1.29, 1.82) is 5.26 Å². The third-order valence-corrected chi connectivity index (χ3v) is 0.542. The van der Waals surface area contributed by atoms with E-state index in [1.54, 1.807) is 0 Å². The molecule has 1 heterocycles. The summed E-state index contributed by atoms with van der Waals surface area (Å²) in [5.41, 5.74) is 0. The summed E-state index contributed by atoms with van der Waals surface area (Å²) in [4.78, 5) is 0.0556. The number of rotatable bonds is 0. The van der Waals surface area contributed by atoms with Crippen molar-refractivity contribution >= 4 is 0 Å². The van der Waals surface area contributed by atoms with Gasteiger partial charge < -0.3 is 5.21 Å². The van der Waals surface area contributed by atoms with Gasteiger partial charge in [-0.3, -0.25) is 0 Å². The monoisotopic (exact) mass is 133 g/mol. The summed E-state index contributed by atoms with van der Waals surface area (Å²) >= 11 is 0. The Morgan fingerprint density at radius 3 is 2.56 bits per heavy atom. The van der Waals surface area contributed by atoms with Gasteiger partial charge >= 0.3 is 29.6 Å². The molecule has 0 saturated carbocycles. The molecule has 0 aliphatic rings. The van der Waals surface area contributed by atoms with E-state index in [2.05, 4.69) is 15.5 Å². The predicted molar refractivity (Wildman–Crippen MR) is 21.3 cm³/mol. The van der Waals surface area contributed by atoms with E-state index in [9.17, 15) is 5.21 Å². The van der Waals surface area contributed by atoms with E-state index in [4.69, 9.17) is 5.26 Å². The SMILES string of the molecule is N#Cc1nnnn1[O-].[Na+]. The van der Waals surface area contributed by atoms with Crippen LogP contribution in [0.2, 0.25) is 0 Å². The van der Waals surface area contributed by atoms with Gasteiger partial charge in [-0.1, -0.05) is 5.10 Å². The van der Waals surface area contributed by atoms with E-state index in [0.29, 0.717) is 0 Å². The number of hydrogen-bond donors (Lipinski definition) is 0. The molecule has 7 heteroatoms. The number of nitriles is 1. The van der Waals surface area contributed by atoms with Crippen molar-refractivity contribution in [3.63, 3.8) is 0 Å². The Labute approximate surface area is 72.3 Å². The molecule has 0 aromatic carbocycles. The van der Waals surface area contributed by atoms with Crippen molar-refractivity contribution in [1.82, 2.24) is 20.4 Å². The molecule has 0 amide bonds. The van der Waals surface area contributed by atoms with Crippen LogP contribution >= 0.6 is 0 Å². The molecule has 0 atom stereocenters. The van der Waals surface area contributed by atoms with Gasteiger partial charge in [-0.05, 0) is 10.4 Å². The molecule has 0 radical (unpaired) electrons. The van der Waals surface area contributed by atoms with Crippen molar-refractivity contribution in [2.75, 3.05) is 0 Å². The second-order valence-corrected chi connectivity index (χ2v) is 0.987. The maximum absolute atomic E-state index is 10.1. The van der Waals surface area contributed by atoms with Gasteiger partial charge in [-0.15, -0.1) is 0 Å². The summed E-state index contributed by atoms with van der Waals surface area (Å²) in [6.45, 7) is 0. The Bertz CT molecular complexity index is 225. The molecule has 0 bridgehead atoms. The Morgan fingerprint density at radius 2 is 2.33 bits per heavy atom. The first-order chi connectivity index (χ1) is 3.84. The Balaban J connectivity index is 0.000000640. The molecule has 9 heavy (non-hydrogen) atoms. The first kappa shape index (κ1) is 8.36. The Hall–Kier alpha value is -0.640. The molecule has 40 valence electrons. The van der Waals surface area contributed by atoms with E-state index >= 15 is 0 Å². The number of aromatic nitrogens is 4. The zero-order valence-electron chi connectivity index (χ0n) is 4.64. The third-order valence-electron chi connectivity index (χ3n) is 0.542. The second-order valence-electron chi connectivity index (χ2n) is 0.987. The predicted octanol–water partition coefficient (Wildman–Crippen LogP) is -4.11. The van der Waals surface area contributed by atoms with Gasteiger partial charge in [0.15, 0.2) is 0 Å². The molecule has 0 aliphatic heterocycles. The summed E-state index contributed by atoms with van der Waals surface area (Å²) in [6.07, 6.45) is 0. The fourth-order valence-corrected chi connectivity index (χ4v) is 0.244. The van der Waals surface area contributed by atoms with Crippen molar-refractivity contribution in [3.8, 4) is 6.07 Å². The van der Waals surface area contributed by atoms with Gasteiger partial charge in [0.25, 0.3) is 0 Å². The van der Waals surface area contributed by atoms with Gasteiger partial charge in [-0.25, -0.2) is 4.85 Å². The molecule has 1 rings (SSSR count). The number of hydrogen-bond acceptors (Lipinski definition) is 5. The van der Waals surface area contributed by atoms with Gasteiger partial charge in [0, 0.05) is 0 Å². The summed E-state index contributed by atoms with van der Waals surface area (Å²) in [7, 11) is 0. The maximum atomic E-state index is 10.1. The van der Waals surface area contributed by atoms with Gasteiger partial charge in [0.2, 0.25) is 5.82 Å². The summed E-state index contributed by atoms with van der Waals surface area (Å²) in [5, 5.41) is 27.0. The van der Waals surface area contributed by atoms with Crippen LogP contribution < -0.4 is 29.6 Å². The van der Waals surface area contributed by atoms with Crippen molar-refractivity contribution in [3.05, 3.63) is 11.0 Å². The van der Waals surface area contributed by atoms with E-state index < -0.39 is 0 Å². The van der Waals surface area contributed by atoms with Crippen LogP contribution in [-0.2, 0) is 0 Å². The van der Waals surface area contributed by atoms with Crippen molar-refractivity contribution in [2.45, 2.75) is 0 Å². The molecule has 1 aromatic rings. The maximum Gasteiger partial charge on any atom is 1.00 e. The first-order valence-electron chi connectivity index (χ1n) is 1.70. The minimum absolute atomic E-state index is 0. The molecule has 0 saturated heterocycles. The normalized spacial score (nSPS) is 7.44. The van der Waals surface area contributed by atoms with Crippen LogP contribution in [0.1, 0.15) is 5.82 Å². The molecule has 0 aliphatic carbocycles. The first-order valence-corrected chi connectivity index (χ1v) is 1.70. The quantitative estimate of drug-likeness (QED) is 0.335. The summed E-state index contributed by atoms with van der Waals surface area (Å²) in [5.74, 6) is -0.329. The fourth-order valence-electron chi connectivity index (χ4n) is 0.244. The number of tetrazole rings is 1. The van der Waals surface area contributed by atoms with Gasteiger partial charge in [0.1, 0.15) is 6.07 Å². The van der Waals surface area contributed by atoms with Crippen LogP contribution in [0.25, 0.3) is 0 Å². The average Bonchev–Trinajstić information content (AvgIpc) is 2.14. The van der Waals surface area contributed by atoms with Crippen LogP contribution in [0.3, 0.4) is 0 Å². The Kier molecular flexibility index (Phi) is 3.16. The van der Waals surface area contributed by atoms with Crippen molar-refractivity contribution < 1.29 is 29.6 Å². The zero-order chi connectivity index (χ0) is 5.98. The van der Waals surface area contributed by atoms with E-state index in [-0.39, 0.29) is 40.2 Å². The average molecular weight is 133 g/mol. The van der Waals surface area contributed by atoms with Crippen LogP contribution in [0.5, 0.6) is 0 Å². The van der Waals surface area contributed by atoms with Gasteiger partial charge in [0.05, 0.1) is 0 Å². The molecular formula is C2N5NaO. The van der Waals surface area contributed by atoms with Crippen molar-refractivity contribution in [2.24, 2.45) is 0 Å². The number of nitrogens with zero attached hydrogens (tertiary/aromatic N) is 5. The molecule has 1 aromatic heterocycles. The minimum atomic E-state index is -0.329. The third kappa shape index (κ3) is 1.64. The zero-order valence-corrected chi connectivity index (χ0v) is 6.64. The van der Waals surface area contributed by atoms with Gasteiger partial charge in [-0.2, -0.15) is 5.26 Å². The van der Waals surface area contributed by atoms with E-state index in [0.717, 1.165) is 0 Å². The van der Waals surface area contributed by atoms with Crippen LogP contribution in [0, 0.1) is 16.5 Å². The van der Waals surface area contributed by atoms with Crippen LogP contribution in [-0.4, -0.2) is 20.4 Å². The molecule has 0 N–H and O–H groups in total. The molecule has 0 fully saturated rings. The fraction of sp³-hybridized carbons (Fsp3) is 0. The second kappa shape index (κ2) is 3.40. The minimum Gasteiger partial charge on any atom is -0.787 e. The molecule has 0 spiro atoms. The van der Waals surface area contributed by atoms with Crippen LogP contribution in [0.4, 0.5) is 0 Å². The summed E-state index contributed by atoms with van der Waals surface area (Å²) < 4.78 is 0. The molecule has 6 nitrogen and oxygen atoms in total. The Morgan fingerprint density at radius 1 is 1.67 bits per heavy atom. The molecule has 0 unspecified atom stereocenters. The smallest absolute Gasteiger partial charge is 0.787 e. The van der Waals surface area contributed by atoms with E-state index in [1.165, 1.54) is 6.07 Å². The molecular weight excluding hydrogens is 133 g/mol.